The van der Waals surface area contributed by atoms with Crippen LogP contribution < -0.4 is 16.0 Å². The van der Waals surface area contributed by atoms with Gasteiger partial charge in [0.25, 0.3) is 6.47 Å². The van der Waals surface area contributed by atoms with Crippen LogP contribution in [-0.2, 0) is 14.4 Å². The summed E-state index contributed by atoms with van der Waals surface area (Å²) in [6.07, 6.45) is 5.14. The number of benzene rings is 1. The first kappa shape index (κ1) is 23.1. The summed E-state index contributed by atoms with van der Waals surface area (Å²) >= 11 is 1.67. The van der Waals surface area contributed by atoms with E-state index in [4.69, 9.17) is 16.3 Å². The van der Waals surface area contributed by atoms with Gasteiger partial charge in [0, 0.05) is 11.3 Å². The number of β-lactam (4-membered cyclic amide) rings is 1. The molecule has 4 N–H and O–H groups in total. The van der Waals surface area contributed by atoms with Crippen molar-refractivity contribution in [3.8, 4) is 12.3 Å². The van der Waals surface area contributed by atoms with E-state index in [1.54, 1.807) is 40.9 Å². The Labute approximate surface area is 179 Å². The number of amides is 4. The van der Waals surface area contributed by atoms with Crippen LogP contribution in [0.4, 0.5) is 4.79 Å². The normalized spacial score (nSPS) is 21.5. The Morgan fingerprint density at radius 2 is 2.03 bits per heavy atom. The number of rotatable bonds is 5. The fourth-order valence-electron chi connectivity index (χ4n) is 3.23. The Bertz CT molecular complexity index is 839. The van der Waals surface area contributed by atoms with Gasteiger partial charge in [0.1, 0.15) is 17.5 Å². The van der Waals surface area contributed by atoms with Crippen LogP contribution in [0.15, 0.2) is 30.3 Å². The van der Waals surface area contributed by atoms with Crippen molar-refractivity contribution < 1.29 is 24.3 Å². The number of fused-ring (bicyclic) bond motifs is 1. The second-order valence-electron chi connectivity index (χ2n) is 7.20. The monoisotopic (exact) mass is 432 g/mol. The summed E-state index contributed by atoms with van der Waals surface area (Å²) in [6.45, 7) is 4.62. The Morgan fingerprint density at radius 3 is 2.63 bits per heavy atom. The lowest BCUT2D eigenvalue weighted by Gasteiger charge is -2.42. The second-order valence-corrected chi connectivity index (χ2v) is 9.02. The lowest BCUT2D eigenvalue weighted by atomic mass is 10.0. The van der Waals surface area contributed by atoms with E-state index in [1.165, 1.54) is 0 Å². The maximum absolute atomic E-state index is 12.9. The maximum Gasteiger partial charge on any atom is 0.316 e. The minimum absolute atomic E-state index is 0.0357. The third-order valence-corrected chi connectivity index (χ3v) is 5.99. The topological polar surface area (TPSA) is 128 Å². The zero-order valence-electron chi connectivity index (χ0n) is 16.6. The van der Waals surface area contributed by atoms with E-state index < -0.39 is 24.0 Å². The molecule has 4 amide bonds. The van der Waals surface area contributed by atoms with Crippen LogP contribution in [0.5, 0.6) is 0 Å². The molecule has 1 aromatic carbocycles. The molecular formula is C20H24N4O5S. The molecule has 2 fully saturated rings. The highest BCUT2D eigenvalue weighted by atomic mass is 32.2. The average Bonchev–Trinajstić information content (AvgIpc) is 3.01. The largest absolute Gasteiger partial charge is 0.483 e. The highest BCUT2D eigenvalue weighted by Gasteiger charge is 2.56. The average molecular weight is 433 g/mol. The van der Waals surface area contributed by atoms with Gasteiger partial charge < -0.3 is 26.0 Å². The van der Waals surface area contributed by atoms with Gasteiger partial charge in [-0.05, 0) is 19.4 Å². The van der Waals surface area contributed by atoms with E-state index in [1.807, 2.05) is 6.07 Å². The Morgan fingerprint density at radius 1 is 1.40 bits per heavy atom. The van der Waals surface area contributed by atoms with Crippen molar-refractivity contribution in [2.75, 3.05) is 13.1 Å². The predicted octanol–water partition coefficient (Wildman–Crippen LogP) is 0.539. The fraction of sp³-hybridized carbons (Fsp3) is 0.400. The molecule has 0 spiro atoms. The first-order valence-electron chi connectivity index (χ1n) is 9.13. The molecule has 10 heteroatoms. The number of carbonyl (C=O) groups excluding carboxylic acids is 3. The van der Waals surface area contributed by atoms with Crippen LogP contribution in [-0.4, -0.2) is 63.6 Å². The number of hydrogen-bond acceptors (Lipinski definition) is 5. The van der Waals surface area contributed by atoms with Gasteiger partial charge in [0.2, 0.25) is 11.8 Å². The summed E-state index contributed by atoms with van der Waals surface area (Å²) in [6, 6.07) is 6.82. The van der Waals surface area contributed by atoms with E-state index >= 15 is 0 Å². The summed E-state index contributed by atoms with van der Waals surface area (Å²) in [5.74, 6) is 1.79. The first-order valence-corrected chi connectivity index (χ1v) is 10.0. The van der Waals surface area contributed by atoms with Gasteiger partial charge in [-0.1, -0.05) is 36.3 Å². The van der Waals surface area contributed by atoms with Gasteiger partial charge in [0.05, 0.1) is 6.54 Å². The number of carbonyl (C=O) groups is 4. The maximum atomic E-state index is 12.9. The predicted molar refractivity (Wildman–Crippen MR) is 112 cm³/mol. The summed E-state index contributed by atoms with van der Waals surface area (Å²) in [5, 5.41) is 14.7. The van der Waals surface area contributed by atoms with E-state index in [9.17, 15) is 14.4 Å². The van der Waals surface area contributed by atoms with Crippen LogP contribution in [0.25, 0.3) is 0 Å². The molecule has 2 aliphatic heterocycles. The Hall–Kier alpha value is -3.19. The van der Waals surface area contributed by atoms with Gasteiger partial charge in [-0.25, -0.2) is 4.79 Å². The molecule has 0 aromatic heterocycles. The summed E-state index contributed by atoms with van der Waals surface area (Å²) < 4.78 is -0.0357. The van der Waals surface area contributed by atoms with Gasteiger partial charge in [0.15, 0.2) is 0 Å². The molecule has 1 unspecified atom stereocenters. The van der Waals surface area contributed by atoms with Gasteiger partial charge in [-0.3, -0.25) is 14.4 Å². The number of terminal acetylenes is 1. The Kier molecular flexibility index (Phi) is 7.72. The molecule has 30 heavy (non-hydrogen) atoms. The first-order chi connectivity index (χ1) is 14.2. The van der Waals surface area contributed by atoms with Crippen molar-refractivity contribution in [1.29, 1.82) is 0 Å². The summed E-state index contributed by atoms with van der Waals surface area (Å²) in [5.41, 5.74) is 0.619. The zero-order chi connectivity index (χ0) is 22.3. The van der Waals surface area contributed by atoms with Crippen LogP contribution in [0.2, 0.25) is 0 Å². The SMILES string of the molecule is C#CCNC(=O)N[C@@H](C(=O)N[C@@H]1C(=O)N2CC(C)(C)SC12)c1ccccc1.O=CO. The van der Waals surface area contributed by atoms with E-state index in [0.29, 0.717) is 12.1 Å². The van der Waals surface area contributed by atoms with Gasteiger partial charge in [-0.15, -0.1) is 18.2 Å². The molecule has 2 heterocycles. The molecule has 9 nitrogen and oxygen atoms in total. The lowest BCUT2D eigenvalue weighted by molar-refractivity contribution is -0.148. The third kappa shape index (κ3) is 5.45. The summed E-state index contributed by atoms with van der Waals surface area (Å²) in [7, 11) is 0. The van der Waals surface area contributed by atoms with Crippen molar-refractivity contribution in [1.82, 2.24) is 20.9 Å². The van der Waals surface area contributed by atoms with Crippen molar-refractivity contribution in [2.45, 2.75) is 36.1 Å². The highest BCUT2D eigenvalue weighted by molar-refractivity contribution is 8.01. The van der Waals surface area contributed by atoms with E-state index in [2.05, 4.69) is 35.7 Å². The van der Waals surface area contributed by atoms with Gasteiger partial charge >= 0.3 is 6.03 Å². The number of nitrogens with one attached hydrogen (secondary N) is 3. The molecule has 0 aliphatic carbocycles. The van der Waals surface area contributed by atoms with Crippen LogP contribution in [0.3, 0.4) is 0 Å². The van der Waals surface area contributed by atoms with Crippen molar-refractivity contribution in [3.05, 3.63) is 35.9 Å². The minimum atomic E-state index is -0.926. The molecule has 3 rings (SSSR count). The molecule has 2 aliphatic rings. The van der Waals surface area contributed by atoms with Gasteiger partial charge in [-0.2, -0.15) is 0 Å². The van der Waals surface area contributed by atoms with Crippen molar-refractivity contribution in [3.63, 3.8) is 0 Å². The van der Waals surface area contributed by atoms with Crippen LogP contribution >= 0.6 is 11.8 Å². The fourth-order valence-corrected chi connectivity index (χ4v) is 4.72. The number of hydrogen-bond donors (Lipinski definition) is 4. The molecule has 2 saturated heterocycles. The molecule has 0 saturated carbocycles. The lowest BCUT2D eigenvalue weighted by Crippen LogP contribution is -2.68. The van der Waals surface area contributed by atoms with Crippen LogP contribution in [0.1, 0.15) is 25.5 Å². The highest BCUT2D eigenvalue weighted by Crippen LogP contribution is 2.46. The number of carboxylic acid groups (broad SMARTS) is 1. The van der Waals surface area contributed by atoms with E-state index in [-0.39, 0.29) is 29.0 Å². The number of nitrogens with zero attached hydrogens (tertiary/aromatic N) is 1. The molecular weight excluding hydrogens is 408 g/mol. The molecule has 0 bridgehead atoms. The van der Waals surface area contributed by atoms with Crippen LogP contribution in [0, 0.1) is 12.3 Å². The Balaban J connectivity index is 0.00000101. The molecule has 3 atom stereocenters. The van der Waals surface area contributed by atoms with Crippen molar-refractivity contribution in [2.24, 2.45) is 0 Å². The molecule has 1 aromatic rings. The minimum Gasteiger partial charge on any atom is -0.483 e. The zero-order valence-corrected chi connectivity index (χ0v) is 17.4. The number of thioether (sulfide) groups is 1. The molecule has 0 radical (unpaired) electrons. The molecule has 160 valence electrons. The number of urea groups is 1. The second kappa shape index (κ2) is 10.0. The smallest absolute Gasteiger partial charge is 0.316 e. The standard InChI is InChI=1S/C19H22N4O3S.CH2O2/c1-4-10-20-18(26)22-13(12-8-6-5-7-9-12)15(24)21-14-16(25)23-11-19(2,3)27-17(14)23;2-1-3/h1,5-9,13-14,17H,10-11H2,2-3H3,(H,21,24)(H2,20,22,26);1H,(H,2,3)/t13-,14-,17?;/m1./s1. The van der Waals surface area contributed by atoms with E-state index in [0.717, 1.165) is 0 Å². The third-order valence-electron chi connectivity index (χ3n) is 4.45. The quantitative estimate of drug-likeness (QED) is 0.306. The van der Waals surface area contributed by atoms with Crippen molar-refractivity contribution >= 4 is 36.1 Å². The summed E-state index contributed by atoms with van der Waals surface area (Å²) in [4.78, 5) is 47.4.